The maximum atomic E-state index is 15.8. The quantitative estimate of drug-likeness (QED) is 0.0999. The molecular weight excluding hydrogens is 657 g/mol. The van der Waals surface area contributed by atoms with Crippen molar-refractivity contribution < 1.29 is 31.5 Å². The van der Waals surface area contributed by atoms with Crippen LogP contribution < -0.4 is 4.74 Å². The fraction of sp³-hybridized carbons (Fsp3) is 0.167. The number of nitrogens with zero attached hydrogens (tertiary/aromatic N) is 3. The Morgan fingerprint density at radius 2 is 1.73 bits per heavy atom. The van der Waals surface area contributed by atoms with Gasteiger partial charge in [-0.1, -0.05) is 35.9 Å². The molecule has 0 atom stereocenters. The van der Waals surface area contributed by atoms with Crippen LogP contribution in [-0.2, 0) is 26.0 Å². The second kappa shape index (κ2) is 13.7. The molecule has 6 rings (SSSR count). The summed E-state index contributed by atoms with van der Waals surface area (Å²) in [6, 6.07) is 22.8. The highest BCUT2D eigenvalue weighted by Crippen LogP contribution is 2.41. The molecule has 0 N–H and O–H groups in total. The van der Waals surface area contributed by atoms with E-state index in [2.05, 4.69) is 5.10 Å². The first-order valence-corrected chi connectivity index (χ1v) is 17.7. The lowest BCUT2D eigenvalue weighted by Gasteiger charge is -2.14. The molecular formula is C36H31F2N3O5S2. The highest BCUT2D eigenvalue weighted by Gasteiger charge is 2.24. The molecule has 0 unspecified atom stereocenters. The molecule has 0 aliphatic rings. The van der Waals surface area contributed by atoms with Gasteiger partial charge in [-0.2, -0.15) is 5.10 Å². The van der Waals surface area contributed by atoms with E-state index in [-0.39, 0.29) is 41.6 Å². The van der Waals surface area contributed by atoms with Gasteiger partial charge >= 0.3 is 5.97 Å². The van der Waals surface area contributed by atoms with Gasteiger partial charge in [0.25, 0.3) is 10.0 Å². The number of hydrogen-bond acceptors (Lipinski definition) is 7. The van der Waals surface area contributed by atoms with Crippen LogP contribution in [0.4, 0.5) is 8.78 Å². The van der Waals surface area contributed by atoms with Gasteiger partial charge in [0.2, 0.25) is 0 Å². The molecule has 0 aliphatic carbocycles. The highest BCUT2D eigenvalue weighted by atomic mass is 32.2. The lowest BCUT2D eigenvalue weighted by Crippen LogP contribution is -2.12. The van der Waals surface area contributed by atoms with Crippen LogP contribution in [0.25, 0.3) is 27.8 Å². The van der Waals surface area contributed by atoms with Gasteiger partial charge in [0, 0.05) is 41.9 Å². The molecule has 6 aromatic rings. The van der Waals surface area contributed by atoms with Gasteiger partial charge in [0.1, 0.15) is 11.6 Å². The third kappa shape index (κ3) is 6.45. The predicted molar refractivity (Wildman–Crippen MR) is 181 cm³/mol. The highest BCUT2D eigenvalue weighted by molar-refractivity contribution is 7.99. The van der Waals surface area contributed by atoms with Crippen molar-refractivity contribution in [3.63, 3.8) is 0 Å². The van der Waals surface area contributed by atoms with Crippen LogP contribution >= 0.6 is 11.8 Å². The van der Waals surface area contributed by atoms with E-state index < -0.39 is 21.7 Å². The van der Waals surface area contributed by atoms with E-state index in [0.29, 0.717) is 38.5 Å². The Hall–Kier alpha value is -4.94. The molecule has 2 aromatic heterocycles. The SMILES string of the molecule is CCOC(=O)CCc1cccc(-c2ccn(-c3cccc(Oc4c(F)cc5c(ccn5S(=O)(=O)c5ccc(C)cc5)c4SC)c3)n2)c1F. The number of fused-ring (bicyclic) bond motifs is 1. The molecule has 48 heavy (non-hydrogen) atoms. The van der Waals surface area contributed by atoms with Crippen LogP contribution in [0.3, 0.4) is 0 Å². The Morgan fingerprint density at radius 3 is 2.48 bits per heavy atom. The Balaban J connectivity index is 1.28. The van der Waals surface area contributed by atoms with Crippen molar-refractivity contribution in [2.45, 2.75) is 36.5 Å². The fourth-order valence-electron chi connectivity index (χ4n) is 5.37. The first-order valence-electron chi connectivity index (χ1n) is 15.1. The lowest BCUT2D eigenvalue weighted by atomic mass is 10.0. The summed E-state index contributed by atoms with van der Waals surface area (Å²) in [5.41, 5.74) is 2.77. The minimum Gasteiger partial charge on any atom is -0.466 e. The Bertz CT molecular complexity index is 2250. The van der Waals surface area contributed by atoms with Gasteiger partial charge < -0.3 is 9.47 Å². The van der Waals surface area contributed by atoms with Crippen molar-refractivity contribution in [2.75, 3.05) is 12.9 Å². The average Bonchev–Trinajstić information content (AvgIpc) is 3.74. The van der Waals surface area contributed by atoms with Crippen molar-refractivity contribution in [1.29, 1.82) is 0 Å². The van der Waals surface area contributed by atoms with Gasteiger partial charge in [0.05, 0.1) is 33.3 Å². The molecule has 2 heterocycles. The van der Waals surface area contributed by atoms with Crippen molar-refractivity contribution >= 4 is 38.7 Å². The van der Waals surface area contributed by atoms with E-state index >= 15 is 8.78 Å². The average molecular weight is 688 g/mol. The van der Waals surface area contributed by atoms with Crippen LogP contribution in [0.15, 0.2) is 107 Å². The summed E-state index contributed by atoms with van der Waals surface area (Å²) < 4.78 is 71.7. The van der Waals surface area contributed by atoms with Gasteiger partial charge in [-0.3, -0.25) is 4.79 Å². The lowest BCUT2D eigenvalue weighted by molar-refractivity contribution is -0.143. The molecule has 4 aromatic carbocycles. The van der Waals surface area contributed by atoms with Crippen LogP contribution in [0.5, 0.6) is 11.5 Å². The third-order valence-electron chi connectivity index (χ3n) is 7.75. The number of hydrogen-bond donors (Lipinski definition) is 0. The van der Waals surface area contributed by atoms with E-state index in [1.54, 1.807) is 90.8 Å². The number of halogens is 2. The summed E-state index contributed by atoms with van der Waals surface area (Å²) in [7, 11) is -3.97. The van der Waals surface area contributed by atoms with Gasteiger partial charge in [0.15, 0.2) is 11.6 Å². The fourth-order valence-corrected chi connectivity index (χ4v) is 7.42. The minimum absolute atomic E-state index is 0.0412. The maximum Gasteiger partial charge on any atom is 0.306 e. The van der Waals surface area contributed by atoms with E-state index in [0.717, 1.165) is 15.6 Å². The molecule has 0 fully saturated rings. The first-order chi connectivity index (χ1) is 23.1. The normalized spacial score (nSPS) is 11.6. The number of thioether (sulfide) groups is 1. The zero-order chi connectivity index (χ0) is 34.0. The monoisotopic (exact) mass is 687 g/mol. The number of carbonyl (C=O) groups is 1. The molecule has 0 bridgehead atoms. The van der Waals surface area contributed by atoms with Crippen LogP contribution in [-0.4, -0.2) is 41.0 Å². The van der Waals surface area contributed by atoms with Crippen LogP contribution in [0, 0.1) is 18.6 Å². The summed E-state index contributed by atoms with van der Waals surface area (Å²) in [4.78, 5) is 12.3. The van der Waals surface area contributed by atoms with Gasteiger partial charge in [-0.05, 0) is 74.6 Å². The van der Waals surface area contributed by atoms with Gasteiger partial charge in [-0.25, -0.2) is 25.9 Å². The Labute approximate surface area is 281 Å². The number of aryl methyl sites for hydroxylation is 2. The molecule has 0 aliphatic heterocycles. The molecule has 8 nitrogen and oxygen atoms in total. The molecule has 0 amide bonds. The standard InChI is InChI=1S/C36H31F2N3O5S2/c1-4-45-33(42)16-13-24-7-5-10-28(34(24)38)31-18-19-40(39-31)25-8-6-9-26(21-25)46-35-30(37)22-32-29(36(35)47-3)17-20-41(32)48(43,44)27-14-11-23(2)12-15-27/h5-12,14-15,17-22H,4,13,16H2,1-3H3. The number of benzene rings is 4. The largest absolute Gasteiger partial charge is 0.466 e. The summed E-state index contributed by atoms with van der Waals surface area (Å²) in [6.07, 6.45) is 5.12. The summed E-state index contributed by atoms with van der Waals surface area (Å²) >= 11 is 1.24. The summed E-state index contributed by atoms with van der Waals surface area (Å²) in [6.45, 7) is 3.85. The summed E-state index contributed by atoms with van der Waals surface area (Å²) in [5, 5.41) is 5.09. The van der Waals surface area contributed by atoms with E-state index in [4.69, 9.17) is 9.47 Å². The number of carbonyl (C=O) groups excluding carboxylic acids is 1. The third-order valence-corrected chi connectivity index (χ3v) is 10.3. The zero-order valence-corrected chi connectivity index (χ0v) is 27.9. The number of aromatic nitrogens is 3. The topological polar surface area (TPSA) is 92.4 Å². The van der Waals surface area contributed by atoms with Crippen LogP contribution in [0.2, 0.25) is 0 Å². The number of rotatable bonds is 11. The molecule has 246 valence electrons. The molecule has 0 saturated heterocycles. The number of esters is 1. The number of ether oxygens (including phenoxy) is 2. The van der Waals surface area contributed by atoms with Crippen molar-refractivity contribution in [3.05, 3.63) is 120 Å². The van der Waals surface area contributed by atoms with Crippen molar-refractivity contribution in [1.82, 2.24) is 13.8 Å². The first kappa shape index (κ1) is 33.0. The van der Waals surface area contributed by atoms with Crippen molar-refractivity contribution in [2.24, 2.45) is 0 Å². The maximum absolute atomic E-state index is 15.8. The zero-order valence-electron chi connectivity index (χ0n) is 26.3. The van der Waals surface area contributed by atoms with E-state index in [1.807, 2.05) is 6.92 Å². The molecule has 0 saturated carbocycles. The van der Waals surface area contributed by atoms with E-state index in [9.17, 15) is 13.2 Å². The molecule has 12 heteroatoms. The second-order valence-corrected chi connectivity index (χ2v) is 13.5. The second-order valence-electron chi connectivity index (χ2n) is 10.9. The smallest absolute Gasteiger partial charge is 0.306 e. The van der Waals surface area contributed by atoms with Crippen LogP contribution in [0.1, 0.15) is 24.5 Å². The molecule has 0 radical (unpaired) electrons. The van der Waals surface area contributed by atoms with E-state index in [1.165, 1.54) is 30.1 Å². The molecule has 0 spiro atoms. The Kier molecular flexibility index (Phi) is 9.38. The minimum atomic E-state index is -3.97. The van der Waals surface area contributed by atoms with Crippen molar-refractivity contribution in [3.8, 4) is 28.4 Å². The predicted octanol–water partition coefficient (Wildman–Crippen LogP) is 8.33. The summed E-state index contributed by atoms with van der Waals surface area (Å²) in [5.74, 6) is -1.30. The Morgan fingerprint density at radius 1 is 0.958 bits per heavy atom. The van der Waals surface area contributed by atoms with Gasteiger partial charge in [-0.15, -0.1) is 11.8 Å².